The molecule has 0 amide bonds. The minimum atomic E-state index is -1.21. The van der Waals surface area contributed by atoms with Gasteiger partial charge in [0.15, 0.2) is 0 Å². The van der Waals surface area contributed by atoms with E-state index in [1.807, 2.05) is 0 Å². The van der Waals surface area contributed by atoms with Gasteiger partial charge in [0.05, 0.1) is 7.11 Å². The molecule has 0 unspecified atom stereocenters. The molecule has 4 nitrogen and oxygen atoms in total. The highest BCUT2D eigenvalue weighted by molar-refractivity contribution is 6.00. The van der Waals surface area contributed by atoms with Gasteiger partial charge in [0.1, 0.15) is 17.4 Å². The molecule has 0 saturated heterocycles. The lowest BCUT2D eigenvalue weighted by Crippen LogP contribution is -2.00. The lowest BCUT2D eigenvalue weighted by molar-refractivity contribution is -0.132. The summed E-state index contributed by atoms with van der Waals surface area (Å²) in [5.41, 5.74) is 0.891. The zero-order valence-corrected chi connectivity index (χ0v) is 10.2. The molecule has 0 radical (unpaired) electrons. The zero-order chi connectivity index (χ0) is 12.1. The van der Waals surface area contributed by atoms with Gasteiger partial charge in [-0.05, 0) is 30.2 Å². The van der Waals surface area contributed by atoms with Crippen LogP contribution < -0.4 is 4.74 Å². The number of carbonyl (C=O) groups is 1. The van der Waals surface area contributed by atoms with E-state index >= 15 is 0 Å². The maximum absolute atomic E-state index is 10.8. The monoisotopic (exact) mass is 253 g/mol. The summed E-state index contributed by atoms with van der Waals surface area (Å²) in [6, 6.07) is 8.55. The Bertz CT molecular complexity index is 472. The predicted molar refractivity (Wildman–Crippen MR) is 66.1 cm³/mol. The summed E-state index contributed by atoms with van der Waals surface area (Å²) >= 11 is 0. The Morgan fingerprint density at radius 2 is 1.88 bits per heavy atom. The molecule has 0 heterocycles. The number of methoxy groups -OCH3 is 1. The fraction of sp³-hybridized carbons (Fsp3) is 0.167. The summed E-state index contributed by atoms with van der Waals surface area (Å²) in [4.78, 5) is 10.8. The van der Waals surface area contributed by atoms with Crippen LogP contribution >= 0.6 is 12.4 Å². The van der Waals surface area contributed by atoms with E-state index in [2.05, 4.69) is 0 Å². The third kappa shape index (κ3) is 3.51. The van der Waals surface area contributed by atoms with Crippen molar-refractivity contribution in [3.8, 4) is 11.8 Å². The van der Waals surface area contributed by atoms with Crippen LogP contribution in [0, 0.1) is 11.3 Å². The van der Waals surface area contributed by atoms with E-state index in [4.69, 9.17) is 15.1 Å². The van der Waals surface area contributed by atoms with Crippen LogP contribution in [0.2, 0.25) is 0 Å². The Hall–Kier alpha value is -1.99. The van der Waals surface area contributed by atoms with Crippen LogP contribution in [-0.2, 0) is 4.79 Å². The topological polar surface area (TPSA) is 70.3 Å². The first-order valence-corrected chi connectivity index (χ1v) is 4.59. The molecule has 17 heavy (non-hydrogen) atoms. The van der Waals surface area contributed by atoms with Gasteiger partial charge in [-0.1, -0.05) is 12.1 Å². The normalized spacial score (nSPS) is 10.6. The molecule has 0 bridgehead atoms. The van der Waals surface area contributed by atoms with Gasteiger partial charge in [-0.25, -0.2) is 4.79 Å². The number of hydrogen-bond donors (Lipinski definition) is 1. The number of benzene rings is 1. The number of ether oxygens (including phenoxy) is 1. The van der Waals surface area contributed by atoms with Crippen LogP contribution in [0.3, 0.4) is 0 Å². The Labute approximate surface area is 106 Å². The second kappa shape index (κ2) is 6.56. The van der Waals surface area contributed by atoms with Crippen LogP contribution in [0.25, 0.3) is 5.57 Å². The van der Waals surface area contributed by atoms with Gasteiger partial charge >= 0.3 is 5.97 Å². The number of halogens is 1. The molecule has 1 N–H and O–H groups in total. The highest BCUT2D eigenvalue weighted by Crippen LogP contribution is 2.21. The van der Waals surface area contributed by atoms with Crippen molar-refractivity contribution in [2.24, 2.45) is 0 Å². The van der Waals surface area contributed by atoms with Gasteiger partial charge in [0, 0.05) is 0 Å². The second-order valence-electron chi connectivity index (χ2n) is 3.15. The lowest BCUT2D eigenvalue weighted by Gasteiger charge is -2.04. The Morgan fingerprint density at radius 1 is 1.35 bits per heavy atom. The van der Waals surface area contributed by atoms with Crippen LogP contribution in [0.1, 0.15) is 12.5 Å². The minimum Gasteiger partial charge on any atom is -0.497 e. The van der Waals surface area contributed by atoms with Crippen LogP contribution in [0.4, 0.5) is 0 Å². The Kier molecular flexibility index (Phi) is 5.79. The van der Waals surface area contributed by atoms with Crippen LogP contribution in [-0.4, -0.2) is 18.2 Å². The quantitative estimate of drug-likeness (QED) is 0.664. The van der Waals surface area contributed by atoms with Gasteiger partial charge in [-0.3, -0.25) is 0 Å². The van der Waals surface area contributed by atoms with Gasteiger partial charge < -0.3 is 9.84 Å². The Balaban J connectivity index is 0.00000256. The third-order valence-electron chi connectivity index (χ3n) is 2.22. The van der Waals surface area contributed by atoms with Gasteiger partial charge in [-0.15, -0.1) is 12.4 Å². The molecular formula is C12H12ClNO3. The summed E-state index contributed by atoms with van der Waals surface area (Å²) in [6.45, 7) is 1.61. The molecule has 0 spiro atoms. The minimum absolute atomic E-state index is 0. The number of carboxylic acid groups (broad SMARTS) is 1. The molecular weight excluding hydrogens is 242 g/mol. The number of nitrogens with zero attached hydrogens (tertiary/aromatic N) is 1. The van der Waals surface area contributed by atoms with Crippen LogP contribution in [0.15, 0.2) is 29.8 Å². The van der Waals surface area contributed by atoms with E-state index in [1.54, 1.807) is 44.4 Å². The van der Waals surface area contributed by atoms with Crippen molar-refractivity contribution < 1.29 is 14.6 Å². The molecule has 1 rings (SSSR count). The molecule has 0 aromatic heterocycles. The fourth-order valence-electron chi connectivity index (χ4n) is 1.28. The lowest BCUT2D eigenvalue weighted by atomic mass is 10.0. The number of hydrogen-bond acceptors (Lipinski definition) is 3. The maximum atomic E-state index is 10.8. The first-order valence-electron chi connectivity index (χ1n) is 4.59. The Morgan fingerprint density at radius 3 is 2.24 bits per heavy atom. The average molecular weight is 254 g/mol. The summed E-state index contributed by atoms with van der Waals surface area (Å²) in [7, 11) is 1.55. The summed E-state index contributed by atoms with van der Waals surface area (Å²) in [6.07, 6.45) is 0. The summed E-state index contributed by atoms with van der Waals surface area (Å²) in [5, 5.41) is 17.5. The average Bonchev–Trinajstić information content (AvgIpc) is 2.29. The van der Waals surface area contributed by atoms with Crippen molar-refractivity contribution in [2.45, 2.75) is 6.92 Å². The van der Waals surface area contributed by atoms with E-state index in [-0.39, 0.29) is 18.0 Å². The third-order valence-corrected chi connectivity index (χ3v) is 2.22. The zero-order valence-electron chi connectivity index (χ0n) is 9.43. The predicted octanol–water partition coefficient (Wildman–Crippen LogP) is 2.50. The molecule has 0 atom stereocenters. The van der Waals surface area contributed by atoms with Crippen molar-refractivity contribution in [1.82, 2.24) is 0 Å². The molecule has 1 aromatic carbocycles. The summed E-state index contributed by atoms with van der Waals surface area (Å²) < 4.78 is 4.99. The molecule has 0 fully saturated rings. The molecule has 0 aliphatic rings. The van der Waals surface area contributed by atoms with E-state index in [9.17, 15) is 4.79 Å². The van der Waals surface area contributed by atoms with Crippen molar-refractivity contribution in [3.05, 3.63) is 35.4 Å². The van der Waals surface area contributed by atoms with E-state index in [0.29, 0.717) is 16.9 Å². The van der Waals surface area contributed by atoms with Crippen molar-refractivity contribution in [2.75, 3.05) is 7.11 Å². The number of aliphatic carboxylic acids is 1. The molecule has 90 valence electrons. The number of allylic oxidation sites excluding steroid dienone is 1. The maximum Gasteiger partial charge on any atom is 0.346 e. The van der Waals surface area contributed by atoms with Gasteiger partial charge in [0.2, 0.25) is 0 Å². The molecule has 0 saturated carbocycles. The van der Waals surface area contributed by atoms with Crippen LogP contribution in [0.5, 0.6) is 5.75 Å². The van der Waals surface area contributed by atoms with E-state index in [0.717, 1.165) is 0 Å². The highest BCUT2D eigenvalue weighted by Gasteiger charge is 2.11. The number of rotatable bonds is 3. The van der Waals surface area contributed by atoms with E-state index < -0.39 is 5.97 Å². The van der Waals surface area contributed by atoms with Crippen molar-refractivity contribution in [1.29, 1.82) is 5.26 Å². The number of nitriles is 1. The second-order valence-corrected chi connectivity index (χ2v) is 3.15. The fourth-order valence-corrected chi connectivity index (χ4v) is 1.28. The van der Waals surface area contributed by atoms with Gasteiger partial charge in [-0.2, -0.15) is 5.26 Å². The first-order chi connectivity index (χ1) is 7.60. The van der Waals surface area contributed by atoms with E-state index in [1.165, 1.54) is 0 Å². The highest BCUT2D eigenvalue weighted by atomic mass is 35.5. The SMILES string of the molecule is COc1ccc(C(C)=C(C#N)C(=O)O)cc1.Cl. The molecule has 1 aromatic rings. The van der Waals surface area contributed by atoms with Gasteiger partial charge in [0.25, 0.3) is 0 Å². The molecule has 0 aliphatic carbocycles. The molecule has 0 aliphatic heterocycles. The largest absolute Gasteiger partial charge is 0.497 e. The number of carboxylic acids is 1. The first kappa shape index (κ1) is 15.0. The summed E-state index contributed by atoms with van der Waals surface area (Å²) in [5.74, 6) is -0.527. The van der Waals surface area contributed by atoms with Crippen molar-refractivity contribution in [3.63, 3.8) is 0 Å². The standard InChI is InChI=1S/C12H11NO3.ClH/c1-8(11(7-13)12(14)15)9-3-5-10(16-2)6-4-9;/h3-6H,1-2H3,(H,14,15);1H. The molecule has 5 heteroatoms. The smallest absolute Gasteiger partial charge is 0.346 e. The van der Waals surface area contributed by atoms with Crippen molar-refractivity contribution >= 4 is 23.9 Å².